The van der Waals surface area contributed by atoms with E-state index in [0.717, 1.165) is 19.4 Å². The molecule has 2 aliphatic heterocycles. The molecule has 23 heavy (non-hydrogen) atoms. The number of aryl methyl sites for hydroxylation is 1. The Kier molecular flexibility index (Phi) is 4.66. The monoisotopic (exact) mass is 316 g/mol. The number of ether oxygens (including phenoxy) is 1. The van der Waals surface area contributed by atoms with Crippen LogP contribution in [0.2, 0.25) is 0 Å². The molecule has 2 heterocycles. The molecule has 0 aromatic heterocycles. The molecule has 2 amide bonds. The fourth-order valence-electron chi connectivity index (χ4n) is 3.71. The number of rotatable bonds is 5. The first kappa shape index (κ1) is 16.0. The van der Waals surface area contributed by atoms with E-state index >= 15 is 0 Å². The Bertz CT molecular complexity index is 584. The van der Waals surface area contributed by atoms with Crippen molar-refractivity contribution in [2.24, 2.45) is 0 Å². The summed E-state index contributed by atoms with van der Waals surface area (Å²) >= 11 is 0. The van der Waals surface area contributed by atoms with Gasteiger partial charge in [-0.15, -0.1) is 0 Å². The van der Waals surface area contributed by atoms with Gasteiger partial charge < -0.3 is 14.5 Å². The highest BCUT2D eigenvalue weighted by Gasteiger charge is 2.48. The third-order valence-electron chi connectivity index (χ3n) is 5.02. The molecule has 2 fully saturated rings. The number of amides is 2. The van der Waals surface area contributed by atoms with Crippen molar-refractivity contribution in [2.75, 3.05) is 26.8 Å². The fourth-order valence-corrected chi connectivity index (χ4v) is 3.71. The molecule has 0 radical (unpaired) electrons. The van der Waals surface area contributed by atoms with Crippen LogP contribution in [-0.4, -0.2) is 60.5 Å². The van der Waals surface area contributed by atoms with E-state index in [-0.39, 0.29) is 23.9 Å². The largest absolute Gasteiger partial charge is 0.383 e. The Labute approximate surface area is 137 Å². The summed E-state index contributed by atoms with van der Waals surface area (Å²) in [6.07, 6.45) is 2.26. The van der Waals surface area contributed by atoms with Crippen LogP contribution in [0.5, 0.6) is 0 Å². The highest BCUT2D eigenvalue weighted by Crippen LogP contribution is 2.33. The number of benzene rings is 1. The van der Waals surface area contributed by atoms with Crippen LogP contribution >= 0.6 is 0 Å². The predicted octanol–water partition coefficient (Wildman–Crippen LogP) is 1.71. The van der Waals surface area contributed by atoms with Gasteiger partial charge in [0.25, 0.3) is 5.91 Å². The van der Waals surface area contributed by atoms with Crippen molar-refractivity contribution in [3.05, 3.63) is 35.4 Å². The maximum absolute atomic E-state index is 12.8. The Balaban J connectivity index is 1.72. The number of carbonyl (C=O) groups excluding carboxylic acids is 2. The molecule has 124 valence electrons. The van der Waals surface area contributed by atoms with Crippen molar-refractivity contribution in [3.8, 4) is 0 Å². The summed E-state index contributed by atoms with van der Waals surface area (Å²) in [4.78, 5) is 28.8. The minimum Gasteiger partial charge on any atom is -0.383 e. The van der Waals surface area contributed by atoms with Gasteiger partial charge in [-0.3, -0.25) is 9.59 Å². The molecule has 3 rings (SSSR count). The highest BCUT2D eigenvalue weighted by molar-refractivity contribution is 5.95. The molecule has 0 N–H and O–H groups in total. The van der Waals surface area contributed by atoms with Crippen molar-refractivity contribution in [1.82, 2.24) is 9.80 Å². The van der Waals surface area contributed by atoms with Gasteiger partial charge in [-0.25, -0.2) is 0 Å². The molecule has 5 heteroatoms. The van der Waals surface area contributed by atoms with Crippen molar-refractivity contribution in [1.29, 1.82) is 0 Å². The topological polar surface area (TPSA) is 49.9 Å². The molecule has 1 aromatic rings. The average Bonchev–Trinajstić information content (AvgIpc) is 3.11. The van der Waals surface area contributed by atoms with E-state index in [1.165, 1.54) is 5.56 Å². The third kappa shape index (κ3) is 2.98. The van der Waals surface area contributed by atoms with Crippen LogP contribution in [0, 0.1) is 0 Å². The Hall–Kier alpha value is -1.88. The van der Waals surface area contributed by atoms with E-state index in [9.17, 15) is 9.59 Å². The summed E-state index contributed by atoms with van der Waals surface area (Å²) in [5, 5.41) is 0. The van der Waals surface area contributed by atoms with Crippen LogP contribution in [0.15, 0.2) is 24.3 Å². The standard InChI is InChI=1S/C18H24N2O3/c1-3-13-4-6-14(7-5-13)18(22)20-9-8-15-16(20)12-17(21)19(15)10-11-23-2/h4-7,15-16H,3,8-12H2,1-2H3/t15-,16+/m1/s1. The summed E-state index contributed by atoms with van der Waals surface area (Å²) in [7, 11) is 1.64. The zero-order chi connectivity index (χ0) is 16.4. The summed E-state index contributed by atoms with van der Waals surface area (Å²) < 4.78 is 5.09. The fraction of sp³-hybridized carbons (Fsp3) is 0.556. The lowest BCUT2D eigenvalue weighted by Crippen LogP contribution is -2.40. The van der Waals surface area contributed by atoms with Gasteiger partial charge in [0.2, 0.25) is 5.91 Å². The van der Waals surface area contributed by atoms with Crippen LogP contribution in [0.4, 0.5) is 0 Å². The number of hydrogen-bond donors (Lipinski definition) is 0. The van der Waals surface area contributed by atoms with E-state index in [4.69, 9.17) is 4.74 Å². The molecule has 0 spiro atoms. The molecule has 2 aliphatic rings. The van der Waals surface area contributed by atoms with Crippen LogP contribution in [0.25, 0.3) is 0 Å². The molecule has 5 nitrogen and oxygen atoms in total. The van der Waals surface area contributed by atoms with Crippen LogP contribution in [-0.2, 0) is 16.0 Å². The van der Waals surface area contributed by atoms with Gasteiger partial charge in [0.15, 0.2) is 0 Å². The van der Waals surface area contributed by atoms with E-state index in [1.54, 1.807) is 7.11 Å². The van der Waals surface area contributed by atoms with Gasteiger partial charge in [-0.1, -0.05) is 19.1 Å². The van der Waals surface area contributed by atoms with Crippen LogP contribution in [0.3, 0.4) is 0 Å². The summed E-state index contributed by atoms with van der Waals surface area (Å²) in [5.74, 6) is 0.178. The minimum atomic E-state index is 0.0118. The molecule has 0 unspecified atom stereocenters. The van der Waals surface area contributed by atoms with Crippen LogP contribution in [0.1, 0.15) is 35.7 Å². The van der Waals surface area contributed by atoms with Crippen molar-refractivity contribution >= 4 is 11.8 Å². The molecule has 0 saturated carbocycles. The highest BCUT2D eigenvalue weighted by atomic mass is 16.5. The zero-order valence-corrected chi connectivity index (χ0v) is 13.8. The van der Waals surface area contributed by atoms with Gasteiger partial charge in [-0.2, -0.15) is 0 Å². The van der Waals surface area contributed by atoms with E-state index < -0.39 is 0 Å². The Morgan fingerprint density at radius 1 is 1.26 bits per heavy atom. The number of likely N-dealkylation sites (tertiary alicyclic amines) is 2. The Morgan fingerprint density at radius 3 is 2.65 bits per heavy atom. The second kappa shape index (κ2) is 6.71. The molecule has 0 bridgehead atoms. The Morgan fingerprint density at radius 2 is 2.00 bits per heavy atom. The smallest absolute Gasteiger partial charge is 0.254 e. The van der Waals surface area contributed by atoms with Crippen molar-refractivity contribution in [3.63, 3.8) is 0 Å². The van der Waals surface area contributed by atoms with Crippen molar-refractivity contribution < 1.29 is 14.3 Å². The quantitative estimate of drug-likeness (QED) is 0.831. The molecule has 0 aliphatic carbocycles. The molecule has 2 saturated heterocycles. The van der Waals surface area contributed by atoms with Gasteiger partial charge >= 0.3 is 0 Å². The zero-order valence-electron chi connectivity index (χ0n) is 13.8. The minimum absolute atomic E-state index is 0.0118. The molecular weight excluding hydrogens is 292 g/mol. The maximum Gasteiger partial charge on any atom is 0.254 e. The normalized spacial score (nSPS) is 23.5. The van der Waals surface area contributed by atoms with Gasteiger partial charge in [-0.05, 0) is 30.5 Å². The SMILES string of the molecule is CCc1ccc(C(=O)N2CC[C@@H]3[C@@H]2CC(=O)N3CCOC)cc1. The van der Waals surface area contributed by atoms with Crippen molar-refractivity contribution in [2.45, 2.75) is 38.3 Å². The van der Waals surface area contributed by atoms with Gasteiger partial charge in [0.1, 0.15) is 0 Å². The predicted molar refractivity (Wildman–Crippen MR) is 87.3 cm³/mol. The van der Waals surface area contributed by atoms with E-state index in [0.29, 0.717) is 25.1 Å². The molecular formula is C18H24N2O3. The van der Waals surface area contributed by atoms with E-state index in [2.05, 4.69) is 6.92 Å². The summed E-state index contributed by atoms with van der Waals surface area (Å²) in [6.45, 7) is 3.98. The third-order valence-corrected chi connectivity index (χ3v) is 5.02. The number of hydrogen-bond acceptors (Lipinski definition) is 3. The van der Waals surface area contributed by atoms with Crippen LogP contribution < -0.4 is 0 Å². The van der Waals surface area contributed by atoms with E-state index in [1.807, 2.05) is 34.1 Å². The second-order valence-electron chi connectivity index (χ2n) is 6.26. The summed E-state index contributed by atoms with van der Waals surface area (Å²) in [6, 6.07) is 7.97. The summed E-state index contributed by atoms with van der Waals surface area (Å²) in [5.41, 5.74) is 1.94. The lowest BCUT2D eigenvalue weighted by Gasteiger charge is -2.25. The number of carbonyl (C=O) groups is 2. The number of methoxy groups -OCH3 is 1. The molecule has 1 aromatic carbocycles. The second-order valence-corrected chi connectivity index (χ2v) is 6.26. The van der Waals surface area contributed by atoms with Gasteiger partial charge in [0, 0.05) is 32.2 Å². The van der Waals surface area contributed by atoms with Gasteiger partial charge in [0.05, 0.1) is 18.7 Å². The first-order valence-electron chi connectivity index (χ1n) is 8.34. The lowest BCUT2D eigenvalue weighted by atomic mass is 10.1. The number of fused-ring (bicyclic) bond motifs is 1. The first-order chi connectivity index (χ1) is 11.2. The average molecular weight is 316 g/mol. The molecule has 2 atom stereocenters. The lowest BCUT2D eigenvalue weighted by molar-refractivity contribution is -0.129. The number of nitrogens with zero attached hydrogens (tertiary/aromatic N) is 2. The first-order valence-corrected chi connectivity index (χ1v) is 8.34. The maximum atomic E-state index is 12.8.